The van der Waals surface area contributed by atoms with E-state index in [4.69, 9.17) is 27.3 Å². The van der Waals surface area contributed by atoms with E-state index in [0.29, 0.717) is 16.3 Å². The summed E-state index contributed by atoms with van der Waals surface area (Å²) in [6.45, 7) is 1.87. The molecule has 1 heterocycles. The molecule has 0 fully saturated rings. The minimum Gasteiger partial charge on any atom is -0.483 e. The zero-order valence-electron chi connectivity index (χ0n) is 9.72. The SMILES string of the molecule is Cc1ccc2c(Cl)ccc(OC/C(N)=N/O)c2n1. The lowest BCUT2D eigenvalue weighted by atomic mass is 10.2. The van der Waals surface area contributed by atoms with Gasteiger partial charge in [0.15, 0.2) is 5.84 Å². The predicted octanol–water partition coefficient (Wildman–Crippen LogP) is 2.32. The second-order valence-electron chi connectivity index (χ2n) is 3.77. The Kier molecular flexibility index (Phi) is 3.53. The Morgan fingerprint density at radius 3 is 2.94 bits per heavy atom. The second-order valence-corrected chi connectivity index (χ2v) is 4.18. The molecule has 2 rings (SSSR count). The van der Waals surface area contributed by atoms with E-state index in [2.05, 4.69) is 10.1 Å². The smallest absolute Gasteiger partial charge is 0.177 e. The van der Waals surface area contributed by atoms with Gasteiger partial charge in [-0.25, -0.2) is 4.98 Å². The summed E-state index contributed by atoms with van der Waals surface area (Å²) in [6.07, 6.45) is 0. The van der Waals surface area contributed by atoms with Gasteiger partial charge in [0.05, 0.1) is 5.02 Å². The molecule has 0 saturated heterocycles. The van der Waals surface area contributed by atoms with E-state index in [0.717, 1.165) is 11.1 Å². The molecule has 0 saturated carbocycles. The highest BCUT2D eigenvalue weighted by atomic mass is 35.5. The molecular formula is C12H12ClN3O2. The Morgan fingerprint density at radius 1 is 1.44 bits per heavy atom. The fourth-order valence-electron chi connectivity index (χ4n) is 1.55. The molecule has 3 N–H and O–H groups in total. The van der Waals surface area contributed by atoms with Gasteiger partial charge in [-0.05, 0) is 31.2 Å². The van der Waals surface area contributed by atoms with Crippen LogP contribution in [0.2, 0.25) is 5.02 Å². The Balaban J connectivity index is 2.44. The van der Waals surface area contributed by atoms with Crippen molar-refractivity contribution in [3.8, 4) is 5.75 Å². The normalized spacial score (nSPS) is 11.8. The summed E-state index contributed by atoms with van der Waals surface area (Å²) in [5.41, 5.74) is 6.87. The zero-order valence-corrected chi connectivity index (χ0v) is 10.5. The standard InChI is InChI=1S/C12H12ClN3O2/c1-7-2-3-8-9(13)4-5-10(12(8)15-7)18-6-11(14)16-17/h2-5,17H,6H2,1H3,(H2,14,16). The summed E-state index contributed by atoms with van der Waals surface area (Å²) in [7, 11) is 0. The van der Waals surface area contributed by atoms with Crippen molar-refractivity contribution in [2.45, 2.75) is 6.92 Å². The third-order valence-corrected chi connectivity index (χ3v) is 2.74. The number of hydrogen-bond donors (Lipinski definition) is 2. The summed E-state index contributed by atoms with van der Waals surface area (Å²) in [6, 6.07) is 7.20. The van der Waals surface area contributed by atoms with Gasteiger partial charge < -0.3 is 15.7 Å². The molecule has 0 aliphatic heterocycles. The fourth-order valence-corrected chi connectivity index (χ4v) is 1.77. The van der Waals surface area contributed by atoms with Crippen molar-refractivity contribution in [2.75, 3.05) is 6.61 Å². The number of nitrogens with zero attached hydrogens (tertiary/aromatic N) is 2. The number of pyridine rings is 1. The highest BCUT2D eigenvalue weighted by Crippen LogP contribution is 2.30. The summed E-state index contributed by atoms with van der Waals surface area (Å²) in [4.78, 5) is 4.39. The van der Waals surface area contributed by atoms with E-state index < -0.39 is 0 Å². The first kappa shape index (κ1) is 12.4. The van der Waals surface area contributed by atoms with Crippen molar-refractivity contribution in [2.24, 2.45) is 10.9 Å². The summed E-state index contributed by atoms with van der Waals surface area (Å²) < 4.78 is 5.45. The van der Waals surface area contributed by atoms with E-state index in [1.54, 1.807) is 12.1 Å². The van der Waals surface area contributed by atoms with Gasteiger partial charge in [0, 0.05) is 11.1 Å². The topological polar surface area (TPSA) is 80.7 Å². The summed E-state index contributed by atoms with van der Waals surface area (Å²) >= 11 is 6.09. The first-order chi connectivity index (χ1) is 8.61. The van der Waals surface area contributed by atoms with Crippen LogP contribution in [0.4, 0.5) is 0 Å². The van der Waals surface area contributed by atoms with Crippen molar-refractivity contribution in [1.29, 1.82) is 0 Å². The van der Waals surface area contributed by atoms with Crippen LogP contribution in [-0.4, -0.2) is 22.6 Å². The lowest BCUT2D eigenvalue weighted by Crippen LogP contribution is -2.20. The van der Waals surface area contributed by atoms with Crippen LogP contribution >= 0.6 is 11.6 Å². The molecule has 1 aromatic heterocycles. The number of nitrogens with two attached hydrogens (primary N) is 1. The molecule has 0 spiro atoms. The molecule has 0 radical (unpaired) electrons. The van der Waals surface area contributed by atoms with Gasteiger partial charge in [-0.15, -0.1) is 0 Å². The number of fused-ring (bicyclic) bond motifs is 1. The van der Waals surface area contributed by atoms with E-state index in [1.165, 1.54) is 0 Å². The average Bonchev–Trinajstić information content (AvgIpc) is 2.37. The van der Waals surface area contributed by atoms with Gasteiger partial charge in [0.2, 0.25) is 0 Å². The van der Waals surface area contributed by atoms with Crippen molar-refractivity contribution in [3.63, 3.8) is 0 Å². The highest BCUT2D eigenvalue weighted by molar-refractivity contribution is 6.35. The Hall–Kier alpha value is -2.01. The third-order valence-electron chi connectivity index (χ3n) is 2.41. The minimum absolute atomic E-state index is 0.00856. The number of benzene rings is 1. The van der Waals surface area contributed by atoms with E-state index in [-0.39, 0.29) is 12.4 Å². The van der Waals surface area contributed by atoms with Crippen LogP contribution in [-0.2, 0) is 0 Å². The molecule has 1 aromatic carbocycles. The van der Waals surface area contributed by atoms with Crippen molar-refractivity contribution in [1.82, 2.24) is 4.98 Å². The quantitative estimate of drug-likeness (QED) is 0.386. The Morgan fingerprint density at radius 2 is 2.22 bits per heavy atom. The lowest BCUT2D eigenvalue weighted by Gasteiger charge is -2.09. The molecule has 0 atom stereocenters. The number of amidine groups is 1. The van der Waals surface area contributed by atoms with Crippen LogP contribution in [0, 0.1) is 6.92 Å². The van der Waals surface area contributed by atoms with Crippen LogP contribution < -0.4 is 10.5 Å². The van der Waals surface area contributed by atoms with Crippen LogP contribution in [0.15, 0.2) is 29.4 Å². The first-order valence-corrected chi connectivity index (χ1v) is 5.64. The molecule has 0 aliphatic rings. The van der Waals surface area contributed by atoms with Crippen LogP contribution in [0.3, 0.4) is 0 Å². The minimum atomic E-state index is -0.0111. The third kappa shape index (κ3) is 2.46. The van der Waals surface area contributed by atoms with E-state index in [1.807, 2.05) is 19.1 Å². The van der Waals surface area contributed by atoms with Gasteiger partial charge in [0.1, 0.15) is 17.9 Å². The van der Waals surface area contributed by atoms with Crippen LogP contribution in [0.5, 0.6) is 5.75 Å². The highest BCUT2D eigenvalue weighted by Gasteiger charge is 2.08. The number of halogens is 1. The van der Waals surface area contributed by atoms with Crippen LogP contribution in [0.1, 0.15) is 5.69 Å². The monoisotopic (exact) mass is 265 g/mol. The first-order valence-electron chi connectivity index (χ1n) is 5.27. The molecule has 2 aromatic rings. The van der Waals surface area contributed by atoms with Gasteiger partial charge in [-0.3, -0.25) is 0 Å². The number of ether oxygens (including phenoxy) is 1. The van der Waals surface area contributed by atoms with Gasteiger partial charge in [0.25, 0.3) is 0 Å². The maximum absolute atomic E-state index is 8.46. The maximum atomic E-state index is 8.46. The molecular weight excluding hydrogens is 254 g/mol. The van der Waals surface area contributed by atoms with E-state index in [9.17, 15) is 0 Å². The Bertz CT molecular complexity index is 614. The Labute approximate surface area is 109 Å². The number of hydrogen-bond acceptors (Lipinski definition) is 4. The molecule has 6 heteroatoms. The summed E-state index contributed by atoms with van der Waals surface area (Å²) in [5.74, 6) is 0.537. The molecule has 18 heavy (non-hydrogen) atoms. The van der Waals surface area contributed by atoms with Gasteiger partial charge in [-0.1, -0.05) is 16.8 Å². The van der Waals surface area contributed by atoms with Gasteiger partial charge in [-0.2, -0.15) is 0 Å². The van der Waals surface area contributed by atoms with Crippen molar-refractivity contribution >= 4 is 28.3 Å². The number of rotatable bonds is 3. The van der Waals surface area contributed by atoms with Crippen molar-refractivity contribution < 1.29 is 9.94 Å². The number of oxime groups is 1. The maximum Gasteiger partial charge on any atom is 0.177 e. The lowest BCUT2D eigenvalue weighted by molar-refractivity contribution is 0.307. The molecule has 5 nitrogen and oxygen atoms in total. The fraction of sp³-hybridized carbons (Fsp3) is 0.167. The molecule has 0 bridgehead atoms. The average molecular weight is 266 g/mol. The second kappa shape index (κ2) is 5.10. The number of aryl methyl sites for hydroxylation is 1. The van der Waals surface area contributed by atoms with E-state index >= 15 is 0 Å². The zero-order chi connectivity index (χ0) is 13.1. The molecule has 0 aliphatic carbocycles. The van der Waals surface area contributed by atoms with Crippen LogP contribution in [0.25, 0.3) is 10.9 Å². The predicted molar refractivity (Wildman–Crippen MR) is 70.4 cm³/mol. The molecule has 0 amide bonds. The van der Waals surface area contributed by atoms with Crippen molar-refractivity contribution in [3.05, 3.63) is 35.0 Å². The summed E-state index contributed by atoms with van der Waals surface area (Å²) in [5, 5.41) is 12.7. The molecule has 94 valence electrons. The van der Waals surface area contributed by atoms with Gasteiger partial charge >= 0.3 is 0 Å². The number of aromatic nitrogens is 1. The largest absolute Gasteiger partial charge is 0.483 e. The molecule has 0 unspecified atom stereocenters.